The maximum atomic E-state index is 5.82. The standard InChI is InChI=1S/C10H19ClS2/c1-2-3-4-5-6-10-12-8-9(7-11)13-10/h9-10H,2-8H2,1H3. The largest absolute Gasteiger partial charge is 0.146 e. The Kier molecular flexibility index (Phi) is 6.78. The van der Waals surface area contributed by atoms with E-state index < -0.39 is 0 Å². The zero-order valence-electron chi connectivity index (χ0n) is 8.30. The number of hydrogen-bond acceptors (Lipinski definition) is 2. The van der Waals surface area contributed by atoms with E-state index in [2.05, 4.69) is 30.4 Å². The molecule has 0 N–H and O–H groups in total. The van der Waals surface area contributed by atoms with Crippen LogP contribution in [0.4, 0.5) is 0 Å². The van der Waals surface area contributed by atoms with E-state index in [4.69, 9.17) is 11.6 Å². The normalized spacial score (nSPS) is 28.2. The fourth-order valence-electron chi connectivity index (χ4n) is 1.48. The molecule has 0 aromatic rings. The summed E-state index contributed by atoms with van der Waals surface area (Å²) in [5, 5.41) is 0.725. The van der Waals surface area contributed by atoms with Crippen LogP contribution in [-0.4, -0.2) is 21.5 Å². The van der Waals surface area contributed by atoms with E-state index in [0.717, 1.165) is 15.7 Å². The lowest BCUT2D eigenvalue weighted by atomic mass is 10.2. The van der Waals surface area contributed by atoms with Crippen LogP contribution in [0.5, 0.6) is 0 Å². The highest BCUT2D eigenvalue weighted by atomic mass is 35.5. The Hall–Kier alpha value is 0.990. The van der Waals surface area contributed by atoms with Crippen LogP contribution >= 0.6 is 35.1 Å². The number of halogens is 1. The molecule has 1 aliphatic rings. The van der Waals surface area contributed by atoms with Crippen molar-refractivity contribution in [1.29, 1.82) is 0 Å². The van der Waals surface area contributed by atoms with Crippen LogP contribution in [0.3, 0.4) is 0 Å². The van der Waals surface area contributed by atoms with Crippen LogP contribution in [-0.2, 0) is 0 Å². The number of unbranched alkanes of at least 4 members (excludes halogenated alkanes) is 3. The molecular formula is C10H19ClS2. The van der Waals surface area contributed by atoms with Crippen LogP contribution in [0.15, 0.2) is 0 Å². The van der Waals surface area contributed by atoms with Gasteiger partial charge in [0.15, 0.2) is 0 Å². The number of thioether (sulfide) groups is 2. The van der Waals surface area contributed by atoms with Crippen LogP contribution in [0.1, 0.15) is 39.0 Å². The van der Waals surface area contributed by atoms with Gasteiger partial charge in [-0.15, -0.1) is 35.1 Å². The monoisotopic (exact) mass is 238 g/mol. The van der Waals surface area contributed by atoms with Crippen molar-refractivity contribution in [3.8, 4) is 0 Å². The van der Waals surface area contributed by atoms with E-state index in [1.165, 1.54) is 37.9 Å². The van der Waals surface area contributed by atoms with Crippen molar-refractivity contribution in [3.05, 3.63) is 0 Å². The van der Waals surface area contributed by atoms with Gasteiger partial charge < -0.3 is 0 Å². The molecule has 0 aromatic heterocycles. The summed E-state index contributed by atoms with van der Waals surface area (Å²) in [6, 6.07) is 0. The molecule has 2 unspecified atom stereocenters. The molecule has 0 amide bonds. The zero-order valence-corrected chi connectivity index (χ0v) is 10.7. The van der Waals surface area contributed by atoms with Gasteiger partial charge in [0.25, 0.3) is 0 Å². The highest BCUT2D eigenvalue weighted by Crippen LogP contribution is 2.40. The Morgan fingerprint density at radius 3 is 2.77 bits per heavy atom. The SMILES string of the molecule is CCCCCCC1SCC(CCl)S1. The molecule has 3 heteroatoms. The van der Waals surface area contributed by atoms with E-state index in [1.807, 2.05) is 0 Å². The minimum Gasteiger partial charge on any atom is -0.146 e. The third-order valence-electron chi connectivity index (χ3n) is 2.28. The third-order valence-corrected chi connectivity index (χ3v) is 6.25. The predicted molar refractivity (Wildman–Crippen MR) is 67.1 cm³/mol. The Bertz CT molecular complexity index is 130. The summed E-state index contributed by atoms with van der Waals surface area (Å²) in [7, 11) is 0. The maximum Gasteiger partial charge on any atom is 0.0506 e. The van der Waals surface area contributed by atoms with Crippen molar-refractivity contribution in [2.24, 2.45) is 0 Å². The van der Waals surface area contributed by atoms with E-state index in [1.54, 1.807) is 0 Å². The average Bonchev–Trinajstić information content (AvgIpc) is 2.60. The molecule has 1 saturated heterocycles. The van der Waals surface area contributed by atoms with Crippen LogP contribution in [0, 0.1) is 0 Å². The number of alkyl halides is 1. The van der Waals surface area contributed by atoms with Gasteiger partial charge in [0.1, 0.15) is 0 Å². The molecule has 0 nitrogen and oxygen atoms in total. The number of hydrogen-bond donors (Lipinski definition) is 0. The third kappa shape index (κ3) is 4.85. The van der Waals surface area contributed by atoms with Crippen molar-refractivity contribution >= 4 is 35.1 Å². The van der Waals surface area contributed by atoms with Crippen LogP contribution in [0.25, 0.3) is 0 Å². The predicted octanol–water partition coefficient (Wildman–Crippen LogP) is 4.37. The fourth-order valence-corrected chi connectivity index (χ4v) is 5.19. The second-order valence-corrected chi connectivity index (χ2v) is 6.88. The maximum absolute atomic E-state index is 5.82. The number of rotatable bonds is 6. The average molecular weight is 239 g/mol. The molecular weight excluding hydrogens is 220 g/mol. The quantitative estimate of drug-likeness (QED) is 0.498. The molecule has 0 radical (unpaired) electrons. The second kappa shape index (κ2) is 7.30. The zero-order chi connectivity index (χ0) is 9.52. The molecule has 13 heavy (non-hydrogen) atoms. The molecule has 0 aliphatic carbocycles. The summed E-state index contributed by atoms with van der Waals surface area (Å²) in [5.74, 6) is 2.11. The van der Waals surface area contributed by atoms with Gasteiger partial charge in [0, 0.05) is 16.9 Å². The first kappa shape index (κ1) is 12.1. The molecule has 1 heterocycles. The summed E-state index contributed by atoms with van der Waals surface area (Å²) in [6.07, 6.45) is 6.96. The van der Waals surface area contributed by atoms with Crippen LogP contribution in [0.2, 0.25) is 0 Å². The molecule has 0 spiro atoms. The van der Waals surface area contributed by atoms with Crippen molar-refractivity contribution in [2.45, 2.75) is 48.9 Å². The summed E-state index contributed by atoms with van der Waals surface area (Å²) >= 11 is 10.0. The minimum atomic E-state index is 0.725. The van der Waals surface area contributed by atoms with Gasteiger partial charge in [-0.05, 0) is 6.42 Å². The summed E-state index contributed by atoms with van der Waals surface area (Å²) in [4.78, 5) is 0. The Morgan fingerprint density at radius 2 is 2.15 bits per heavy atom. The highest BCUT2D eigenvalue weighted by Gasteiger charge is 2.24. The van der Waals surface area contributed by atoms with Gasteiger partial charge in [0.05, 0.1) is 4.58 Å². The van der Waals surface area contributed by atoms with Gasteiger partial charge in [-0.2, -0.15) is 0 Å². The Balaban J connectivity index is 1.97. The van der Waals surface area contributed by atoms with Gasteiger partial charge in [-0.3, -0.25) is 0 Å². The molecule has 1 fully saturated rings. The van der Waals surface area contributed by atoms with E-state index in [0.29, 0.717) is 0 Å². The van der Waals surface area contributed by atoms with Crippen molar-refractivity contribution in [2.75, 3.05) is 11.6 Å². The van der Waals surface area contributed by atoms with E-state index in [9.17, 15) is 0 Å². The summed E-state index contributed by atoms with van der Waals surface area (Å²) in [5.41, 5.74) is 0. The molecule has 1 aliphatic heterocycles. The molecule has 1 rings (SSSR count). The fraction of sp³-hybridized carbons (Fsp3) is 1.00. The first-order valence-electron chi connectivity index (χ1n) is 5.19. The molecule has 0 bridgehead atoms. The van der Waals surface area contributed by atoms with E-state index >= 15 is 0 Å². The molecule has 78 valence electrons. The van der Waals surface area contributed by atoms with Gasteiger partial charge in [0.2, 0.25) is 0 Å². The first-order valence-corrected chi connectivity index (χ1v) is 7.72. The molecule has 2 atom stereocenters. The van der Waals surface area contributed by atoms with Crippen molar-refractivity contribution in [1.82, 2.24) is 0 Å². The summed E-state index contributed by atoms with van der Waals surface area (Å²) < 4.78 is 0.848. The smallest absolute Gasteiger partial charge is 0.0506 e. The molecule has 0 saturated carbocycles. The topological polar surface area (TPSA) is 0 Å². The minimum absolute atomic E-state index is 0.725. The van der Waals surface area contributed by atoms with Gasteiger partial charge in [-0.25, -0.2) is 0 Å². The Morgan fingerprint density at radius 1 is 1.31 bits per heavy atom. The Labute approximate surface area is 95.6 Å². The van der Waals surface area contributed by atoms with Crippen LogP contribution < -0.4 is 0 Å². The van der Waals surface area contributed by atoms with E-state index in [-0.39, 0.29) is 0 Å². The lowest BCUT2D eigenvalue weighted by Crippen LogP contribution is -2.01. The lowest BCUT2D eigenvalue weighted by Gasteiger charge is -2.07. The van der Waals surface area contributed by atoms with Crippen molar-refractivity contribution < 1.29 is 0 Å². The van der Waals surface area contributed by atoms with Gasteiger partial charge >= 0.3 is 0 Å². The van der Waals surface area contributed by atoms with Crippen molar-refractivity contribution in [3.63, 3.8) is 0 Å². The highest BCUT2D eigenvalue weighted by molar-refractivity contribution is 8.20. The summed E-state index contributed by atoms with van der Waals surface area (Å²) in [6.45, 7) is 2.27. The molecule has 0 aromatic carbocycles. The van der Waals surface area contributed by atoms with Gasteiger partial charge in [-0.1, -0.05) is 32.6 Å². The lowest BCUT2D eigenvalue weighted by molar-refractivity contribution is 0.653. The second-order valence-electron chi connectivity index (χ2n) is 3.52. The first-order chi connectivity index (χ1) is 6.36.